The van der Waals surface area contributed by atoms with Crippen LogP contribution in [0.1, 0.15) is 24.0 Å². The Kier molecular flexibility index (Phi) is 4.92. The summed E-state index contributed by atoms with van der Waals surface area (Å²) >= 11 is 6.24. The summed E-state index contributed by atoms with van der Waals surface area (Å²) in [6.45, 7) is 7.24. The molecule has 5 nitrogen and oxygen atoms in total. The van der Waals surface area contributed by atoms with Crippen LogP contribution in [0.25, 0.3) is 0 Å². The normalized spacial score (nSPS) is 20.8. The highest BCUT2D eigenvalue weighted by atomic mass is 35.5. The lowest BCUT2D eigenvalue weighted by Crippen LogP contribution is -2.47. The van der Waals surface area contributed by atoms with Crippen LogP contribution in [-0.2, 0) is 14.3 Å². The predicted molar refractivity (Wildman–Crippen MR) is 89.9 cm³/mol. The van der Waals surface area contributed by atoms with Gasteiger partial charge in [0.15, 0.2) is 5.79 Å². The molecule has 0 saturated carbocycles. The molecule has 1 amide bonds. The summed E-state index contributed by atoms with van der Waals surface area (Å²) in [5, 5.41) is 3.52. The van der Waals surface area contributed by atoms with Crippen LogP contribution in [0.3, 0.4) is 0 Å². The van der Waals surface area contributed by atoms with E-state index >= 15 is 0 Å². The minimum Gasteiger partial charge on any atom is -0.347 e. The Labute approximate surface area is 141 Å². The van der Waals surface area contributed by atoms with Crippen molar-refractivity contribution in [3.05, 3.63) is 28.3 Å². The molecular formula is C17H23ClN2O3. The van der Waals surface area contributed by atoms with Crippen molar-refractivity contribution in [2.45, 2.75) is 32.5 Å². The molecule has 1 aromatic carbocycles. The van der Waals surface area contributed by atoms with Crippen molar-refractivity contribution in [3.63, 3.8) is 0 Å². The molecule has 0 aliphatic carbocycles. The first-order valence-electron chi connectivity index (χ1n) is 8.04. The first kappa shape index (κ1) is 16.7. The topological polar surface area (TPSA) is 50.8 Å². The van der Waals surface area contributed by atoms with Gasteiger partial charge in [0.05, 0.1) is 30.5 Å². The number of anilines is 1. The Morgan fingerprint density at radius 3 is 2.52 bits per heavy atom. The van der Waals surface area contributed by atoms with Crippen LogP contribution >= 0.6 is 11.6 Å². The van der Waals surface area contributed by atoms with Crippen LogP contribution in [0.2, 0.25) is 5.02 Å². The second-order valence-electron chi connectivity index (χ2n) is 6.37. The fourth-order valence-corrected chi connectivity index (χ4v) is 3.66. The van der Waals surface area contributed by atoms with E-state index in [4.69, 9.17) is 21.1 Å². The lowest BCUT2D eigenvalue weighted by molar-refractivity contribution is -0.185. The summed E-state index contributed by atoms with van der Waals surface area (Å²) in [5.74, 6) is -0.438. The number of nitrogens with zero attached hydrogens (tertiary/aromatic N) is 1. The monoisotopic (exact) mass is 338 g/mol. The number of benzene rings is 1. The van der Waals surface area contributed by atoms with Gasteiger partial charge in [0.2, 0.25) is 5.91 Å². The molecule has 126 valence electrons. The average molecular weight is 339 g/mol. The van der Waals surface area contributed by atoms with Gasteiger partial charge in [-0.15, -0.1) is 0 Å². The summed E-state index contributed by atoms with van der Waals surface area (Å²) < 4.78 is 11.4. The Balaban J connectivity index is 1.54. The number of aryl methyl sites for hydroxylation is 2. The fraction of sp³-hybridized carbons (Fsp3) is 0.588. The van der Waals surface area contributed by atoms with Crippen LogP contribution in [-0.4, -0.2) is 49.4 Å². The molecule has 1 spiro atoms. The molecule has 1 aromatic rings. The van der Waals surface area contributed by atoms with Crippen LogP contribution in [0, 0.1) is 13.8 Å². The van der Waals surface area contributed by atoms with Crippen LogP contribution in [0.4, 0.5) is 5.69 Å². The number of ether oxygens (including phenoxy) is 2. The van der Waals surface area contributed by atoms with E-state index in [-0.39, 0.29) is 5.91 Å². The molecule has 23 heavy (non-hydrogen) atoms. The molecule has 0 aromatic heterocycles. The molecule has 2 fully saturated rings. The van der Waals surface area contributed by atoms with E-state index in [1.165, 1.54) is 0 Å². The van der Waals surface area contributed by atoms with E-state index in [1.807, 2.05) is 26.0 Å². The number of carbonyl (C=O) groups excluding carboxylic acids is 1. The molecule has 0 bridgehead atoms. The van der Waals surface area contributed by atoms with E-state index in [0.717, 1.165) is 37.1 Å². The van der Waals surface area contributed by atoms with Gasteiger partial charge in [-0.05, 0) is 31.0 Å². The number of piperidine rings is 1. The van der Waals surface area contributed by atoms with Crippen molar-refractivity contribution in [3.8, 4) is 0 Å². The van der Waals surface area contributed by atoms with Crippen molar-refractivity contribution in [1.29, 1.82) is 0 Å². The molecule has 2 aliphatic rings. The van der Waals surface area contributed by atoms with Gasteiger partial charge in [0.25, 0.3) is 0 Å². The van der Waals surface area contributed by atoms with Gasteiger partial charge in [-0.3, -0.25) is 9.69 Å². The van der Waals surface area contributed by atoms with Gasteiger partial charge in [-0.1, -0.05) is 17.7 Å². The smallest absolute Gasteiger partial charge is 0.238 e. The first-order valence-corrected chi connectivity index (χ1v) is 8.42. The zero-order chi connectivity index (χ0) is 16.4. The van der Waals surface area contributed by atoms with Crippen molar-refractivity contribution in [2.24, 2.45) is 0 Å². The number of likely N-dealkylation sites (tertiary alicyclic amines) is 1. The van der Waals surface area contributed by atoms with E-state index in [1.54, 1.807) is 0 Å². The number of amides is 1. The third-order valence-corrected chi connectivity index (χ3v) is 4.79. The summed E-state index contributed by atoms with van der Waals surface area (Å²) in [6, 6.07) is 3.88. The lowest BCUT2D eigenvalue weighted by atomic mass is 10.0. The molecule has 0 atom stereocenters. The summed E-state index contributed by atoms with van der Waals surface area (Å²) in [6.07, 6.45) is 1.62. The van der Waals surface area contributed by atoms with Gasteiger partial charge in [0.1, 0.15) is 0 Å². The zero-order valence-electron chi connectivity index (χ0n) is 13.7. The van der Waals surface area contributed by atoms with Crippen LogP contribution in [0.15, 0.2) is 12.1 Å². The van der Waals surface area contributed by atoms with Crippen molar-refractivity contribution < 1.29 is 14.3 Å². The lowest BCUT2D eigenvalue weighted by Gasteiger charge is -2.37. The van der Waals surface area contributed by atoms with E-state index < -0.39 is 5.79 Å². The summed E-state index contributed by atoms with van der Waals surface area (Å²) in [7, 11) is 0. The van der Waals surface area contributed by atoms with Crippen LogP contribution < -0.4 is 5.32 Å². The highest BCUT2D eigenvalue weighted by Crippen LogP contribution is 2.31. The Hall–Kier alpha value is -1.14. The molecule has 2 heterocycles. The molecule has 0 unspecified atom stereocenters. The minimum absolute atomic E-state index is 0.0388. The van der Waals surface area contributed by atoms with Crippen molar-refractivity contribution >= 4 is 23.2 Å². The quantitative estimate of drug-likeness (QED) is 0.920. The molecule has 3 rings (SSSR count). The Morgan fingerprint density at radius 1 is 1.26 bits per heavy atom. The first-order chi connectivity index (χ1) is 11.0. The number of rotatable bonds is 3. The Morgan fingerprint density at radius 2 is 1.91 bits per heavy atom. The predicted octanol–water partition coefficient (Wildman–Crippen LogP) is 2.73. The molecule has 1 N–H and O–H groups in total. The van der Waals surface area contributed by atoms with Gasteiger partial charge >= 0.3 is 0 Å². The van der Waals surface area contributed by atoms with E-state index in [0.29, 0.717) is 30.5 Å². The van der Waals surface area contributed by atoms with Gasteiger partial charge in [0, 0.05) is 25.9 Å². The summed E-state index contributed by atoms with van der Waals surface area (Å²) in [4.78, 5) is 14.4. The standard InChI is InChI=1S/C17H23ClN2O3/c1-12-9-13(2)16(14(18)10-12)19-15(21)11-20-5-3-17(4-6-20)22-7-8-23-17/h9-10H,3-8,11H2,1-2H3,(H,19,21). The fourth-order valence-electron chi connectivity index (χ4n) is 3.29. The number of carbonyl (C=O) groups is 1. The molecular weight excluding hydrogens is 316 g/mol. The maximum atomic E-state index is 12.3. The molecule has 6 heteroatoms. The second-order valence-corrected chi connectivity index (χ2v) is 6.78. The van der Waals surface area contributed by atoms with Crippen molar-refractivity contribution in [2.75, 3.05) is 38.2 Å². The van der Waals surface area contributed by atoms with Gasteiger partial charge in [-0.2, -0.15) is 0 Å². The third-order valence-electron chi connectivity index (χ3n) is 4.49. The highest BCUT2D eigenvalue weighted by Gasteiger charge is 2.39. The largest absolute Gasteiger partial charge is 0.347 e. The Bertz CT molecular complexity index is 566. The van der Waals surface area contributed by atoms with E-state index in [2.05, 4.69) is 10.2 Å². The van der Waals surface area contributed by atoms with Crippen molar-refractivity contribution in [1.82, 2.24) is 4.90 Å². The highest BCUT2D eigenvalue weighted by molar-refractivity contribution is 6.34. The maximum Gasteiger partial charge on any atom is 0.238 e. The number of hydrogen-bond acceptors (Lipinski definition) is 4. The average Bonchev–Trinajstić information content (AvgIpc) is 2.94. The van der Waals surface area contributed by atoms with Crippen LogP contribution in [0.5, 0.6) is 0 Å². The summed E-state index contributed by atoms with van der Waals surface area (Å²) in [5.41, 5.74) is 2.77. The number of hydrogen-bond donors (Lipinski definition) is 1. The third kappa shape index (κ3) is 3.86. The molecule has 2 aliphatic heterocycles. The molecule has 2 saturated heterocycles. The zero-order valence-corrected chi connectivity index (χ0v) is 14.4. The van der Waals surface area contributed by atoms with Gasteiger partial charge < -0.3 is 14.8 Å². The van der Waals surface area contributed by atoms with E-state index in [9.17, 15) is 4.79 Å². The maximum absolute atomic E-state index is 12.3. The molecule has 0 radical (unpaired) electrons. The minimum atomic E-state index is -0.399. The second kappa shape index (κ2) is 6.77. The van der Waals surface area contributed by atoms with Gasteiger partial charge in [-0.25, -0.2) is 0 Å². The SMILES string of the molecule is Cc1cc(C)c(NC(=O)CN2CCC3(CC2)OCCO3)c(Cl)c1. The number of halogens is 1. The number of nitrogens with one attached hydrogen (secondary N) is 1.